The summed E-state index contributed by atoms with van der Waals surface area (Å²) in [5.41, 5.74) is 0.0212. The van der Waals surface area contributed by atoms with Crippen molar-refractivity contribution in [3.8, 4) is 0 Å². The third-order valence-corrected chi connectivity index (χ3v) is 3.80. The summed E-state index contributed by atoms with van der Waals surface area (Å²) in [4.78, 5) is 21.6. The van der Waals surface area contributed by atoms with Crippen LogP contribution in [-0.4, -0.2) is 33.9 Å². The van der Waals surface area contributed by atoms with Crippen LogP contribution >= 0.6 is 0 Å². The summed E-state index contributed by atoms with van der Waals surface area (Å²) >= 11 is 0. The van der Waals surface area contributed by atoms with Gasteiger partial charge in [-0.2, -0.15) is 0 Å². The van der Waals surface area contributed by atoms with Crippen molar-refractivity contribution in [3.63, 3.8) is 0 Å². The molecule has 9 heteroatoms. The van der Waals surface area contributed by atoms with Gasteiger partial charge >= 0.3 is 6.09 Å². The first-order valence-corrected chi connectivity index (χ1v) is 8.13. The number of hydrogen-bond acceptors (Lipinski definition) is 6. The third-order valence-electron chi connectivity index (χ3n) is 3.80. The van der Waals surface area contributed by atoms with E-state index in [-0.39, 0.29) is 25.1 Å². The first-order chi connectivity index (χ1) is 12.9. The molecule has 0 saturated heterocycles. The summed E-state index contributed by atoms with van der Waals surface area (Å²) in [6.07, 6.45) is -3.92. The molecule has 144 valence electrons. The van der Waals surface area contributed by atoms with Crippen molar-refractivity contribution in [2.45, 2.75) is 25.2 Å². The van der Waals surface area contributed by atoms with E-state index < -0.39 is 34.7 Å². The number of amides is 1. The van der Waals surface area contributed by atoms with Crippen LogP contribution in [0, 0.1) is 15.9 Å². The highest BCUT2D eigenvalue weighted by atomic mass is 19.1. The van der Waals surface area contributed by atoms with E-state index in [1.165, 1.54) is 0 Å². The predicted molar refractivity (Wildman–Crippen MR) is 93.3 cm³/mol. The van der Waals surface area contributed by atoms with Crippen LogP contribution in [0.2, 0.25) is 0 Å². The van der Waals surface area contributed by atoms with E-state index in [9.17, 15) is 29.5 Å². The van der Waals surface area contributed by atoms with Crippen molar-refractivity contribution in [2.75, 3.05) is 6.54 Å². The first kappa shape index (κ1) is 20.3. The number of carbonyl (C=O) groups excluding carboxylic acids is 1. The van der Waals surface area contributed by atoms with Gasteiger partial charge in [-0.1, -0.05) is 30.3 Å². The lowest BCUT2D eigenvalue weighted by Crippen LogP contribution is -2.30. The molecule has 1 amide bonds. The van der Waals surface area contributed by atoms with Gasteiger partial charge in [0, 0.05) is 24.2 Å². The summed E-state index contributed by atoms with van der Waals surface area (Å²) < 4.78 is 18.8. The molecule has 2 unspecified atom stereocenters. The number of hydrogen-bond donors (Lipinski definition) is 3. The van der Waals surface area contributed by atoms with Crippen molar-refractivity contribution >= 4 is 11.8 Å². The van der Waals surface area contributed by atoms with Gasteiger partial charge in [0.2, 0.25) is 0 Å². The number of carbonyl (C=O) groups is 1. The van der Waals surface area contributed by atoms with Gasteiger partial charge in [0.1, 0.15) is 18.5 Å². The quantitative estimate of drug-likeness (QED) is 0.479. The molecule has 2 aromatic carbocycles. The van der Waals surface area contributed by atoms with E-state index in [0.717, 1.165) is 23.8 Å². The van der Waals surface area contributed by atoms with Crippen LogP contribution in [0.4, 0.5) is 14.9 Å². The van der Waals surface area contributed by atoms with Crippen LogP contribution in [0.25, 0.3) is 0 Å². The molecule has 0 aromatic heterocycles. The Balaban J connectivity index is 1.81. The standard InChI is InChI=1S/C18H19FN2O6/c19-15-7-6-13(21(25)26)10-14(15)17(23)16(22)8-9-20-18(24)27-11-12-4-2-1-3-5-12/h1-7,10,16-17,22-23H,8-9,11H2,(H,20,24). The lowest BCUT2D eigenvalue weighted by molar-refractivity contribution is -0.385. The maximum Gasteiger partial charge on any atom is 0.407 e. The summed E-state index contributed by atoms with van der Waals surface area (Å²) in [7, 11) is 0. The average molecular weight is 378 g/mol. The molecular weight excluding hydrogens is 359 g/mol. The molecule has 27 heavy (non-hydrogen) atoms. The lowest BCUT2D eigenvalue weighted by atomic mass is 10.0. The molecule has 2 aromatic rings. The lowest BCUT2D eigenvalue weighted by Gasteiger charge is -2.18. The maximum atomic E-state index is 13.8. The van der Waals surface area contributed by atoms with Crippen LogP contribution in [-0.2, 0) is 11.3 Å². The Morgan fingerprint density at radius 1 is 1.22 bits per heavy atom. The first-order valence-electron chi connectivity index (χ1n) is 8.13. The molecule has 0 heterocycles. The van der Waals surface area contributed by atoms with Gasteiger partial charge < -0.3 is 20.3 Å². The average Bonchev–Trinajstić information content (AvgIpc) is 2.66. The molecule has 0 bridgehead atoms. The highest BCUT2D eigenvalue weighted by molar-refractivity contribution is 5.67. The number of halogens is 1. The van der Waals surface area contributed by atoms with Crippen LogP contribution in [0.15, 0.2) is 48.5 Å². The number of ether oxygens (including phenoxy) is 1. The van der Waals surface area contributed by atoms with Crippen LogP contribution in [0.1, 0.15) is 23.7 Å². The van der Waals surface area contributed by atoms with Crippen molar-refractivity contribution < 1.29 is 29.1 Å². The molecule has 0 radical (unpaired) electrons. The topological polar surface area (TPSA) is 122 Å². The molecule has 0 fully saturated rings. The second-order valence-electron chi connectivity index (χ2n) is 5.75. The molecule has 0 spiro atoms. The second-order valence-corrected chi connectivity index (χ2v) is 5.75. The van der Waals surface area contributed by atoms with Gasteiger partial charge in [-0.05, 0) is 18.1 Å². The number of aliphatic hydroxyl groups is 2. The summed E-state index contributed by atoms with van der Waals surface area (Å²) in [6.45, 7) is 0.0408. The van der Waals surface area contributed by atoms with Gasteiger partial charge in [-0.3, -0.25) is 10.1 Å². The summed E-state index contributed by atoms with van der Waals surface area (Å²) in [5, 5.41) is 33.1. The molecule has 8 nitrogen and oxygen atoms in total. The maximum absolute atomic E-state index is 13.8. The van der Waals surface area contributed by atoms with Crippen molar-refractivity contribution in [3.05, 3.63) is 75.6 Å². The van der Waals surface area contributed by atoms with E-state index in [2.05, 4.69) is 5.32 Å². The Labute approximate surface area is 154 Å². The van der Waals surface area contributed by atoms with E-state index >= 15 is 0 Å². The summed E-state index contributed by atoms with van der Waals surface area (Å²) in [5.74, 6) is -0.873. The molecule has 0 aliphatic heterocycles. The zero-order valence-corrected chi connectivity index (χ0v) is 14.2. The number of benzene rings is 2. The minimum Gasteiger partial charge on any atom is -0.445 e. The predicted octanol–water partition coefficient (Wildman–Crippen LogP) is 2.44. The van der Waals surface area contributed by atoms with E-state index in [1.807, 2.05) is 6.07 Å². The Hall–Kier alpha value is -3.04. The van der Waals surface area contributed by atoms with E-state index in [0.29, 0.717) is 0 Å². The van der Waals surface area contributed by atoms with Gasteiger partial charge in [0.15, 0.2) is 0 Å². The number of alkyl carbamates (subject to hydrolysis) is 1. The van der Waals surface area contributed by atoms with Crippen molar-refractivity contribution in [1.29, 1.82) is 0 Å². The normalized spacial score (nSPS) is 12.9. The number of rotatable bonds is 8. The van der Waals surface area contributed by atoms with Crippen LogP contribution in [0.5, 0.6) is 0 Å². The summed E-state index contributed by atoms with van der Waals surface area (Å²) in [6, 6.07) is 11.7. The molecule has 3 N–H and O–H groups in total. The fraction of sp³-hybridized carbons (Fsp3) is 0.278. The number of non-ortho nitro benzene ring substituents is 1. The molecule has 0 saturated carbocycles. The molecule has 2 atom stereocenters. The van der Waals surface area contributed by atoms with Gasteiger partial charge in [0.25, 0.3) is 5.69 Å². The Bertz CT molecular complexity index is 787. The van der Waals surface area contributed by atoms with Gasteiger partial charge in [-0.25, -0.2) is 9.18 Å². The number of nitrogens with zero attached hydrogens (tertiary/aromatic N) is 1. The van der Waals surface area contributed by atoms with E-state index in [4.69, 9.17) is 4.74 Å². The minimum atomic E-state index is -1.67. The van der Waals surface area contributed by atoms with Gasteiger partial charge in [0.05, 0.1) is 11.0 Å². The smallest absolute Gasteiger partial charge is 0.407 e. The highest BCUT2D eigenvalue weighted by Crippen LogP contribution is 2.25. The Morgan fingerprint density at radius 3 is 2.59 bits per heavy atom. The Kier molecular flexibility index (Phi) is 7.21. The van der Waals surface area contributed by atoms with Gasteiger partial charge in [-0.15, -0.1) is 0 Å². The fourth-order valence-corrected chi connectivity index (χ4v) is 2.33. The SMILES string of the molecule is O=C(NCCC(O)C(O)c1cc([N+](=O)[O-])ccc1F)OCc1ccccc1. The number of nitro benzene ring substituents is 1. The number of nitrogens with one attached hydrogen (secondary N) is 1. The second kappa shape index (κ2) is 9.60. The fourth-order valence-electron chi connectivity index (χ4n) is 2.33. The monoisotopic (exact) mass is 378 g/mol. The Morgan fingerprint density at radius 2 is 1.93 bits per heavy atom. The third kappa shape index (κ3) is 6.01. The molecular formula is C18H19FN2O6. The zero-order chi connectivity index (χ0) is 19.8. The molecule has 0 aliphatic rings. The zero-order valence-electron chi connectivity index (χ0n) is 14.2. The van der Waals surface area contributed by atoms with E-state index in [1.54, 1.807) is 24.3 Å². The van der Waals surface area contributed by atoms with Crippen molar-refractivity contribution in [1.82, 2.24) is 5.32 Å². The van der Waals surface area contributed by atoms with Crippen molar-refractivity contribution in [2.24, 2.45) is 0 Å². The largest absolute Gasteiger partial charge is 0.445 e. The minimum absolute atomic E-state index is 0.0393. The molecule has 0 aliphatic carbocycles. The molecule has 2 rings (SSSR count). The number of aliphatic hydroxyl groups excluding tert-OH is 2. The van der Waals surface area contributed by atoms with Crippen LogP contribution in [0.3, 0.4) is 0 Å². The number of nitro groups is 1. The highest BCUT2D eigenvalue weighted by Gasteiger charge is 2.24. The van der Waals surface area contributed by atoms with Crippen LogP contribution < -0.4 is 5.32 Å².